The zero-order valence-electron chi connectivity index (χ0n) is 8.75. The molecular weight excluding hydrogens is 172 g/mol. The van der Waals surface area contributed by atoms with Crippen LogP contribution < -0.4 is 16.2 Å². The van der Waals surface area contributed by atoms with Gasteiger partial charge in [0, 0.05) is 11.4 Å². The maximum absolute atomic E-state index is 5.85. The summed E-state index contributed by atoms with van der Waals surface area (Å²) in [5, 5.41) is 2.45. The number of pyridine rings is 1. The molecule has 0 bridgehead atoms. The first-order valence-corrected chi connectivity index (χ1v) is 5.14. The molecule has 0 aromatic carbocycles. The zero-order chi connectivity index (χ0) is 10.1. The zero-order valence-corrected chi connectivity index (χ0v) is 8.75. The molecule has 0 atom stereocenters. The van der Waals surface area contributed by atoms with Crippen molar-refractivity contribution in [3.63, 3.8) is 0 Å². The van der Waals surface area contributed by atoms with Crippen LogP contribution in [0.3, 0.4) is 0 Å². The lowest BCUT2D eigenvalue weighted by Gasteiger charge is -2.14. The molecule has 0 radical (unpaired) electrons. The summed E-state index contributed by atoms with van der Waals surface area (Å²) >= 11 is 0. The van der Waals surface area contributed by atoms with Crippen molar-refractivity contribution < 1.29 is 0 Å². The van der Waals surface area contributed by atoms with Crippen LogP contribution in [-0.2, 0) is 0 Å². The first-order valence-electron chi connectivity index (χ1n) is 5.14. The number of nitrogen functional groups attached to an aromatic ring is 1. The number of nitrogens with two attached hydrogens (primary N) is 1. The van der Waals surface area contributed by atoms with Gasteiger partial charge in [-0.1, -0.05) is 25.5 Å². The van der Waals surface area contributed by atoms with Gasteiger partial charge in [-0.15, -0.1) is 0 Å². The fourth-order valence-corrected chi connectivity index (χ4v) is 2.09. The first-order chi connectivity index (χ1) is 6.70. The van der Waals surface area contributed by atoms with Gasteiger partial charge in [0.1, 0.15) is 5.82 Å². The van der Waals surface area contributed by atoms with Crippen LogP contribution in [0.25, 0.3) is 11.6 Å². The molecule has 14 heavy (non-hydrogen) atoms. The van der Waals surface area contributed by atoms with E-state index >= 15 is 0 Å². The molecule has 74 valence electrons. The highest BCUT2D eigenvalue weighted by atomic mass is 14.8. The van der Waals surface area contributed by atoms with Crippen LogP contribution in [0.2, 0.25) is 0 Å². The van der Waals surface area contributed by atoms with Gasteiger partial charge >= 0.3 is 0 Å². The average molecular weight is 188 g/mol. The van der Waals surface area contributed by atoms with Crippen LogP contribution in [0.5, 0.6) is 0 Å². The van der Waals surface area contributed by atoms with E-state index < -0.39 is 0 Å². The minimum Gasteiger partial charge on any atom is -0.383 e. The quantitative estimate of drug-likeness (QED) is 0.715. The molecule has 2 N–H and O–H groups in total. The minimum absolute atomic E-state index is 0.601. The van der Waals surface area contributed by atoms with E-state index in [1.807, 2.05) is 0 Å². The fourth-order valence-electron chi connectivity index (χ4n) is 2.09. The van der Waals surface area contributed by atoms with Crippen LogP contribution in [0.15, 0.2) is 12.3 Å². The highest BCUT2D eigenvalue weighted by Gasteiger charge is 2.09. The number of hydrogen-bond acceptors (Lipinski definition) is 2. The molecule has 2 heteroatoms. The van der Waals surface area contributed by atoms with Crippen LogP contribution in [0.4, 0.5) is 5.82 Å². The molecule has 1 aliphatic rings. The van der Waals surface area contributed by atoms with Crippen molar-refractivity contribution in [2.75, 3.05) is 5.73 Å². The lowest BCUT2D eigenvalue weighted by Crippen LogP contribution is -2.34. The lowest BCUT2D eigenvalue weighted by atomic mass is 9.92. The van der Waals surface area contributed by atoms with Gasteiger partial charge in [-0.2, -0.15) is 0 Å². The van der Waals surface area contributed by atoms with E-state index in [1.165, 1.54) is 10.8 Å². The van der Waals surface area contributed by atoms with Crippen molar-refractivity contribution in [3.8, 4) is 0 Å². The summed E-state index contributed by atoms with van der Waals surface area (Å²) in [5.41, 5.74) is 7.36. The molecule has 1 heterocycles. The third-order valence-corrected chi connectivity index (χ3v) is 2.83. The Morgan fingerprint density at radius 1 is 1.43 bits per heavy atom. The molecular formula is C12H16N2. The predicted molar refractivity (Wildman–Crippen MR) is 59.8 cm³/mol. The summed E-state index contributed by atoms with van der Waals surface area (Å²) in [4.78, 5) is 4.12. The van der Waals surface area contributed by atoms with Gasteiger partial charge < -0.3 is 5.73 Å². The Hall–Kier alpha value is -1.31. The van der Waals surface area contributed by atoms with E-state index in [9.17, 15) is 0 Å². The Kier molecular flexibility index (Phi) is 2.28. The SMILES string of the molecule is CC(C)C1=c2ccnc(N)c2=CCC1. The molecule has 0 aliphatic heterocycles. The fraction of sp³-hybridized carbons (Fsp3) is 0.417. The van der Waals surface area contributed by atoms with Crippen LogP contribution in [0, 0.1) is 5.92 Å². The molecule has 0 saturated heterocycles. The summed E-state index contributed by atoms with van der Waals surface area (Å²) < 4.78 is 0. The molecule has 2 nitrogen and oxygen atoms in total. The molecule has 2 rings (SSSR count). The van der Waals surface area contributed by atoms with Gasteiger partial charge in [0.05, 0.1) is 0 Å². The molecule has 1 aromatic heterocycles. The maximum atomic E-state index is 5.85. The van der Waals surface area contributed by atoms with Crippen molar-refractivity contribution in [3.05, 3.63) is 22.7 Å². The normalized spacial score (nSPS) is 15.2. The number of hydrogen-bond donors (Lipinski definition) is 1. The number of aromatic nitrogens is 1. The molecule has 0 saturated carbocycles. The van der Waals surface area contributed by atoms with Gasteiger partial charge in [0.15, 0.2) is 0 Å². The van der Waals surface area contributed by atoms with E-state index in [0.29, 0.717) is 11.7 Å². The average Bonchev–Trinajstić information content (AvgIpc) is 2.17. The molecule has 1 aliphatic carbocycles. The Morgan fingerprint density at radius 2 is 2.21 bits per heavy atom. The number of rotatable bonds is 1. The predicted octanol–water partition coefficient (Wildman–Crippen LogP) is 1.04. The Bertz CT molecular complexity index is 458. The van der Waals surface area contributed by atoms with Crippen molar-refractivity contribution >= 4 is 17.5 Å². The Balaban J connectivity index is 2.82. The van der Waals surface area contributed by atoms with E-state index in [4.69, 9.17) is 5.73 Å². The van der Waals surface area contributed by atoms with Crippen LogP contribution in [-0.4, -0.2) is 4.98 Å². The van der Waals surface area contributed by atoms with Gasteiger partial charge in [-0.25, -0.2) is 4.98 Å². The van der Waals surface area contributed by atoms with Crippen molar-refractivity contribution in [1.82, 2.24) is 4.98 Å². The summed E-state index contributed by atoms with van der Waals surface area (Å²) in [6.07, 6.45) is 6.25. The number of anilines is 1. The largest absolute Gasteiger partial charge is 0.383 e. The van der Waals surface area contributed by atoms with E-state index in [1.54, 1.807) is 6.20 Å². The number of fused-ring (bicyclic) bond motifs is 1. The third-order valence-electron chi connectivity index (χ3n) is 2.83. The molecule has 1 aromatic rings. The van der Waals surface area contributed by atoms with Gasteiger partial charge in [0.25, 0.3) is 0 Å². The topological polar surface area (TPSA) is 38.9 Å². The molecule has 0 amide bonds. The summed E-state index contributed by atoms with van der Waals surface area (Å²) in [6.45, 7) is 4.47. The maximum Gasteiger partial charge on any atom is 0.130 e. The van der Waals surface area contributed by atoms with Gasteiger partial charge in [-0.05, 0) is 30.0 Å². The molecule has 0 fully saturated rings. The third kappa shape index (κ3) is 1.41. The Morgan fingerprint density at radius 3 is 2.93 bits per heavy atom. The monoisotopic (exact) mass is 188 g/mol. The lowest BCUT2D eigenvalue weighted by molar-refractivity contribution is 0.796. The van der Waals surface area contributed by atoms with Crippen molar-refractivity contribution in [2.24, 2.45) is 5.92 Å². The highest BCUT2D eigenvalue weighted by molar-refractivity contribution is 5.55. The van der Waals surface area contributed by atoms with Crippen molar-refractivity contribution in [1.29, 1.82) is 0 Å². The van der Waals surface area contributed by atoms with Crippen LogP contribution in [0.1, 0.15) is 26.7 Å². The second-order valence-electron chi connectivity index (χ2n) is 4.08. The summed E-state index contributed by atoms with van der Waals surface area (Å²) in [5.74, 6) is 1.27. The van der Waals surface area contributed by atoms with Gasteiger partial charge in [-0.3, -0.25) is 0 Å². The smallest absolute Gasteiger partial charge is 0.130 e. The van der Waals surface area contributed by atoms with Gasteiger partial charge in [0.2, 0.25) is 0 Å². The molecule has 0 spiro atoms. The van der Waals surface area contributed by atoms with E-state index in [0.717, 1.165) is 18.1 Å². The molecule has 0 unspecified atom stereocenters. The highest BCUT2D eigenvalue weighted by Crippen LogP contribution is 2.17. The van der Waals surface area contributed by atoms with E-state index in [-0.39, 0.29) is 0 Å². The van der Waals surface area contributed by atoms with E-state index in [2.05, 4.69) is 31.0 Å². The second-order valence-corrected chi connectivity index (χ2v) is 4.08. The van der Waals surface area contributed by atoms with Crippen molar-refractivity contribution in [2.45, 2.75) is 26.7 Å². The minimum atomic E-state index is 0.601. The summed E-state index contributed by atoms with van der Waals surface area (Å²) in [7, 11) is 0. The first kappa shape index (κ1) is 9.25. The van der Waals surface area contributed by atoms with Crippen LogP contribution >= 0.6 is 0 Å². The summed E-state index contributed by atoms with van der Waals surface area (Å²) in [6, 6.07) is 2.08. The second kappa shape index (κ2) is 3.45. The number of nitrogens with zero attached hydrogens (tertiary/aromatic N) is 1. The standard InChI is InChI=1S/C12H16N2/c1-8(2)9-4-3-5-11-10(9)6-7-14-12(11)13/h5-8H,3-4H2,1-2H3,(H2,13,14). The Labute approximate surface area is 84.2 Å².